The van der Waals surface area contributed by atoms with Crippen LogP contribution in [-0.2, 0) is 0 Å². The van der Waals surface area contributed by atoms with Crippen LogP contribution >= 0.6 is 45.2 Å². The Balaban J connectivity index is 3.04. The van der Waals surface area contributed by atoms with Gasteiger partial charge in [-0.1, -0.05) is 27.7 Å². The van der Waals surface area contributed by atoms with Gasteiger partial charge in [-0.05, 0) is 69.2 Å². The highest BCUT2D eigenvalue weighted by molar-refractivity contribution is 14.1. The van der Waals surface area contributed by atoms with Gasteiger partial charge in [0.2, 0.25) is 0 Å². The smallest absolute Gasteiger partial charge is 0.137 e. The first-order valence-electron chi connectivity index (χ1n) is 5.97. The van der Waals surface area contributed by atoms with Crippen LogP contribution in [0.3, 0.4) is 0 Å². The van der Waals surface area contributed by atoms with Crippen LogP contribution in [0.5, 0.6) is 5.75 Å². The Labute approximate surface area is 137 Å². The molecule has 0 heterocycles. The predicted molar refractivity (Wildman–Crippen MR) is 94.7 cm³/mol. The molecule has 1 rings (SSSR count). The number of hydrogen-bond donors (Lipinski definition) is 1. The van der Waals surface area contributed by atoms with Crippen LogP contribution < -0.4 is 0 Å². The molecule has 0 spiro atoms. The van der Waals surface area contributed by atoms with Gasteiger partial charge in [-0.15, -0.1) is 0 Å². The maximum Gasteiger partial charge on any atom is 0.137 e. The van der Waals surface area contributed by atoms with E-state index in [-0.39, 0.29) is 11.5 Å². The Bertz CT molecular complexity index is 450. The average Bonchev–Trinajstić information content (AvgIpc) is 2.23. The van der Waals surface area contributed by atoms with E-state index in [4.69, 9.17) is 0 Å². The summed E-state index contributed by atoms with van der Waals surface area (Å²) in [7, 11) is 0. The van der Waals surface area contributed by atoms with Gasteiger partial charge < -0.3 is 5.11 Å². The molecule has 1 aromatic rings. The lowest BCUT2D eigenvalue weighted by Crippen LogP contribution is -2.23. The number of nitrogens with zero attached hydrogens (tertiary/aromatic N) is 1. The quantitative estimate of drug-likeness (QED) is 0.497. The van der Waals surface area contributed by atoms with Gasteiger partial charge in [0.1, 0.15) is 5.75 Å². The normalized spacial score (nSPS) is 14.1. The number of aromatic hydroxyl groups is 1. The summed E-state index contributed by atoms with van der Waals surface area (Å²) in [5.74, 6) is 0.323. The van der Waals surface area contributed by atoms with Gasteiger partial charge in [0.25, 0.3) is 0 Å². The number of benzene rings is 1. The Kier molecular flexibility index (Phi) is 5.89. The van der Waals surface area contributed by atoms with Gasteiger partial charge in [-0.3, -0.25) is 4.99 Å². The fourth-order valence-corrected chi connectivity index (χ4v) is 3.69. The third-order valence-corrected chi connectivity index (χ3v) is 4.28. The van der Waals surface area contributed by atoms with Crippen molar-refractivity contribution in [2.45, 2.75) is 40.2 Å². The molecule has 0 aliphatic carbocycles. The number of hydrogen-bond acceptors (Lipinski definition) is 2. The first kappa shape index (κ1) is 16.2. The molecular weight excluding hydrogens is 452 g/mol. The van der Waals surface area contributed by atoms with Crippen molar-refractivity contribution in [2.24, 2.45) is 10.4 Å². The van der Waals surface area contributed by atoms with E-state index in [1.807, 2.05) is 12.1 Å². The fourth-order valence-electron chi connectivity index (χ4n) is 1.80. The number of rotatable bonds is 3. The number of halogens is 2. The van der Waals surface area contributed by atoms with Gasteiger partial charge in [0.05, 0.1) is 9.61 Å². The topological polar surface area (TPSA) is 32.6 Å². The van der Waals surface area contributed by atoms with E-state index in [9.17, 15) is 5.11 Å². The van der Waals surface area contributed by atoms with Crippen molar-refractivity contribution in [2.75, 3.05) is 0 Å². The first-order chi connectivity index (χ1) is 8.25. The maximum absolute atomic E-state index is 10.0. The minimum Gasteiger partial charge on any atom is -0.506 e. The van der Waals surface area contributed by atoms with Crippen LogP contribution in [0.15, 0.2) is 17.1 Å². The van der Waals surface area contributed by atoms with Crippen molar-refractivity contribution in [3.05, 3.63) is 24.8 Å². The zero-order chi connectivity index (χ0) is 13.9. The predicted octanol–water partition coefficient (Wildman–Crippen LogP) is 4.85. The third kappa shape index (κ3) is 4.36. The molecule has 0 aliphatic heterocycles. The van der Waals surface area contributed by atoms with E-state index in [1.165, 1.54) is 0 Å². The zero-order valence-corrected chi connectivity index (χ0v) is 15.5. The second-order valence-corrected chi connectivity index (χ2v) is 7.80. The molecule has 0 bridgehead atoms. The molecule has 0 saturated heterocycles. The van der Waals surface area contributed by atoms with Gasteiger partial charge in [0.15, 0.2) is 0 Å². The molecule has 18 heavy (non-hydrogen) atoms. The van der Waals surface area contributed by atoms with E-state index in [0.717, 1.165) is 19.1 Å². The summed E-state index contributed by atoms with van der Waals surface area (Å²) in [4.78, 5) is 4.64. The number of phenolic OH excluding ortho intramolecular Hbond substituents is 1. The monoisotopic (exact) mass is 471 g/mol. The molecule has 0 radical (unpaired) electrons. The second-order valence-electron chi connectivity index (χ2n) is 5.39. The lowest BCUT2D eigenvalue weighted by molar-refractivity contribution is 0.316. The van der Waals surface area contributed by atoms with E-state index < -0.39 is 0 Å². The Hall–Kier alpha value is 0.150. The maximum atomic E-state index is 10.0. The zero-order valence-electron chi connectivity index (χ0n) is 11.2. The molecule has 1 N–H and O–H groups in total. The molecule has 0 unspecified atom stereocenters. The molecule has 0 amide bonds. The first-order valence-corrected chi connectivity index (χ1v) is 8.12. The summed E-state index contributed by atoms with van der Waals surface area (Å²) in [6.45, 7) is 8.72. The standard InChI is InChI=1S/C14H19I2NO/c1-5-12(14(2,3)4)17-8-9-6-10(15)7-11(16)13(9)18/h6-8,12,18H,5H2,1-4H3/t12-/m0/s1. The van der Waals surface area contributed by atoms with Crippen LogP contribution in [0.2, 0.25) is 0 Å². The van der Waals surface area contributed by atoms with Gasteiger partial charge in [0, 0.05) is 15.3 Å². The fraction of sp³-hybridized carbons (Fsp3) is 0.500. The molecule has 0 saturated carbocycles. The minimum absolute atomic E-state index is 0.149. The molecule has 4 heteroatoms. The average molecular weight is 471 g/mol. The molecule has 1 atom stereocenters. The molecular formula is C14H19I2NO. The Morgan fingerprint density at radius 2 is 1.94 bits per heavy atom. The van der Waals surface area contributed by atoms with Crippen molar-refractivity contribution < 1.29 is 5.11 Å². The summed E-state index contributed by atoms with van der Waals surface area (Å²) in [6.07, 6.45) is 2.81. The van der Waals surface area contributed by atoms with Gasteiger partial charge in [-0.2, -0.15) is 0 Å². The van der Waals surface area contributed by atoms with E-state index in [2.05, 4.69) is 77.9 Å². The minimum atomic E-state index is 0.149. The van der Waals surface area contributed by atoms with Crippen LogP contribution in [-0.4, -0.2) is 17.4 Å². The molecule has 2 nitrogen and oxygen atoms in total. The summed E-state index contributed by atoms with van der Waals surface area (Å²) in [5, 5.41) is 10.0. The van der Waals surface area contributed by atoms with Gasteiger partial charge in [-0.25, -0.2) is 0 Å². The second kappa shape index (κ2) is 6.54. The van der Waals surface area contributed by atoms with Crippen LogP contribution in [0.1, 0.15) is 39.7 Å². The van der Waals surface area contributed by atoms with Crippen molar-refractivity contribution in [1.82, 2.24) is 0 Å². The molecule has 1 aromatic carbocycles. The highest BCUT2D eigenvalue weighted by atomic mass is 127. The molecule has 0 aromatic heterocycles. The van der Waals surface area contributed by atoms with Crippen molar-refractivity contribution in [1.29, 1.82) is 0 Å². The molecule has 100 valence electrons. The van der Waals surface area contributed by atoms with Crippen molar-refractivity contribution in [3.8, 4) is 5.75 Å². The van der Waals surface area contributed by atoms with E-state index >= 15 is 0 Å². The van der Waals surface area contributed by atoms with Crippen LogP contribution in [0.4, 0.5) is 0 Å². The van der Waals surface area contributed by atoms with Crippen molar-refractivity contribution >= 4 is 51.4 Å². The summed E-state index contributed by atoms with van der Waals surface area (Å²) >= 11 is 4.39. The lowest BCUT2D eigenvalue weighted by atomic mass is 9.85. The van der Waals surface area contributed by atoms with Crippen LogP contribution in [0, 0.1) is 12.6 Å². The summed E-state index contributed by atoms with van der Waals surface area (Å²) < 4.78 is 1.98. The van der Waals surface area contributed by atoms with Crippen LogP contribution in [0.25, 0.3) is 0 Å². The SMILES string of the molecule is CC[C@H](N=Cc1cc(I)cc(I)c1O)C(C)(C)C. The van der Waals surface area contributed by atoms with Crippen molar-refractivity contribution in [3.63, 3.8) is 0 Å². The molecule has 0 aliphatic rings. The summed E-state index contributed by atoms with van der Waals surface area (Å²) in [5.41, 5.74) is 0.949. The highest BCUT2D eigenvalue weighted by Crippen LogP contribution is 2.28. The largest absolute Gasteiger partial charge is 0.506 e. The highest BCUT2D eigenvalue weighted by Gasteiger charge is 2.21. The third-order valence-electron chi connectivity index (χ3n) is 2.84. The lowest BCUT2D eigenvalue weighted by Gasteiger charge is -2.26. The van der Waals surface area contributed by atoms with E-state index in [1.54, 1.807) is 6.21 Å². The Morgan fingerprint density at radius 3 is 2.44 bits per heavy atom. The number of phenols is 1. The summed E-state index contributed by atoms with van der Waals surface area (Å²) in [6, 6.07) is 4.18. The number of aliphatic imine (C=N–C) groups is 1. The van der Waals surface area contributed by atoms with Gasteiger partial charge >= 0.3 is 0 Å². The molecule has 0 fully saturated rings. The Morgan fingerprint density at radius 1 is 1.33 bits per heavy atom. The van der Waals surface area contributed by atoms with E-state index in [0.29, 0.717) is 5.75 Å².